The Morgan fingerprint density at radius 2 is 2.04 bits per heavy atom. The number of nitrogens with one attached hydrogen (secondary N) is 1. The third-order valence-electron chi connectivity index (χ3n) is 4.99. The third-order valence-corrected chi connectivity index (χ3v) is 4.99. The van der Waals surface area contributed by atoms with Crippen molar-refractivity contribution >= 4 is 5.69 Å². The molecule has 0 aliphatic carbocycles. The van der Waals surface area contributed by atoms with E-state index in [1.807, 2.05) is 6.20 Å². The molecule has 1 aromatic carbocycles. The monoisotopic (exact) mass is 352 g/mol. The molecule has 4 rings (SSSR count). The van der Waals surface area contributed by atoms with Crippen LogP contribution in [0.5, 0.6) is 0 Å². The fourth-order valence-electron chi connectivity index (χ4n) is 3.51. The molecule has 7 heteroatoms. The summed E-state index contributed by atoms with van der Waals surface area (Å²) in [5.41, 5.74) is 5.73. The standard InChI is InChI=1S/C19H24N6O/c1-14-9-16(3-4-19(14)24-13-20-12-23-24)10-21-18-11-22-25(15(18)2)17-5-7-26-8-6-17/h3-4,9,11-13,17,21H,5-8,10H2,1-2H3. The van der Waals surface area contributed by atoms with Gasteiger partial charge in [0.05, 0.1) is 29.3 Å². The van der Waals surface area contributed by atoms with E-state index in [2.05, 4.69) is 57.2 Å². The molecule has 1 saturated heterocycles. The number of aromatic nitrogens is 5. The van der Waals surface area contributed by atoms with Crippen LogP contribution < -0.4 is 5.32 Å². The predicted octanol–water partition coefficient (Wildman–Crippen LogP) is 3.04. The molecule has 1 N–H and O–H groups in total. The molecule has 3 aromatic rings. The van der Waals surface area contributed by atoms with Gasteiger partial charge in [0.25, 0.3) is 0 Å². The SMILES string of the molecule is Cc1cc(CNc2cnn(C3CCOCC3)c2C)ccc1-n1cncn1. The predicted molar refractivity (Wildman–Crippen MR) is 99.5 cm³/mol. The number of ether oxygens (including phenoxy) is 1. The lowest BCUT2D eigenvalue weighted by atomic mass is 10.1. The Labute approximate surface area is 153 Å². The molecule has 0 atom stereocenters. The quantitative estimate of drug-likeness (QED) is 0.764. The maximum atomic E-state index is 5.45. The summed E-state index contributed by atoms with van der Waals surface area (Å²) in [6, 6.07) is 6.83. The molecule has 1 fully saturated rings. The minimum atomic E-state index is 0.448. The lowest BCUT2D eigenvalue weighted by Crippen LogP contribution is -2.21. The van der Waals surface area contributed by atoms with Crippen molar-refractivity contribution in [2.45, 2.75) is 39.3 Å². The van der Waals surface area contributed by atoms with E-state index in [1.165, 1.54) is 16.8 Å². The number of aryl methyl sites for hydroxylation is 1. The second-order valence-electron chi connectivity index (χ2n) is 6.75. The Kier molecular flexibility index (Phi) is 4.71. The van der Waals surface area contributed by atoms with E-state index in [0.717, 1.165) is 44.0 Å². The largest absolute Gasteiger partial charge is 0.381 e. The van der Waals surface area contributed by atoms with Crippen LogP contribution in [0, 0.1) is 13.8 Å². The maximum absolute atomic E-state index is 5.45. The first-order valence-corrected chi connectivity index (χ1v) is 9.02. The normalized spacial score (nSPS) is 15.3. The first-order chi connectivity index (χ1) is 12.7. The molecule has 26 heavy (non-hydrogen) atoms. The summed E-state index contributed by atoms with van der Waals surface area (Å²) in [5, 5.41) is 12.3. The van der Waals surface area contributed by atoms with Crippen LogP contribution in [0.2, 0.25) is 0 Å². The summed E-state index contributed by atoms with van der Waals surface area (Å²) in [6.07, 6.45) is 7.26. The number of nitrogens with zero attached hydrogens (tertiary/aromatic N) is 5. The van der Waals surface area contributed by atoms with Crippen LogP contribution in [0.4, 0.5) is 5.69 Å². The van der Waals surface area contributed by atoms with Crippen LogP contribution in [0.1, 0.15) is 35.7 Å². The van der Waals surface area contributed by atoms with Gasteiger partial charge in [-0.25, -0.2) is 9.67 Å². The fourth-order valence-corrected chi connectivity index (χ4v) is 3.51. The molecular weight excluding hydrogens is 328 g/mol. The van der Waals surface area contributed by atoms with E-state index < -0.39 is 0 Å². The van der Waals surface area contributed by atoms with E-state index in [1.54, 1.807) is 17.3 Å². The van der Waals surface area contributed by atoms with Gasteiger partial charge in [0.1, 0.15) is 12.7 Å². The van der Waals surface area contributed by atoms with Gasteiger partial charge in [-0.2, -0.15) is 10.2 Å². The molecule has 0 saturated carbocycles. The summed E-state index contributed by atoms with van der Waals surface area (Å²) < 4.78 is 9.38. The molecule has 0 spiro atoms. The Bertz CT molecular complexity index is 864. The van der Waals surface area contributed by atoms with Crippen molar-refractivity contribution in [3.05, 3.63) is 53.9 Å². The lowest BCUT2D eigenvalue weighted by Gasteiger charge is -2.23. The first-order valence-electron chi connectivity index (χ1n) is 9.02. The van der Waals surface area contributed by atoms with Crippen LogP contribution in [-0.4, -0.2) is 37.8 Å². The first kappa shape index (κ1) is 16.8. The van der Waals surface area contributed by atoms with E-state index in [4.69, 9.17) is 4.74 Å². The Balaban J connectivity index is 1.44. The van der Waals surface area contributed by atoms with Gasteiger partial charge in [-0.1, -0.05) is 12.1 Å². The summed E-state index contributed by atoms with van der Waals surface area (Å²) in [5.74, 6) is 0. The van der Waals surface area contributed by atoms with Gasteiger partial charge in [0.15, 0.2) is 0 Å². The smallest absolute Gasteiger partial charge is 0.138 e. The Morgan fingerprint density at radius 1 is 1.19 bits per heavy atom. The number of anilines is 1. The van der Waals surface area contributed by atoms with Gasteiger partial charge >= 0.3 is 0 Å². The average Bonchev–Trinajstić information content (AvgIpc) is 3.31. The topological polar surface area (TPSA) is 69.8 Å². The second-order valence-corrected chi connectivity index (χ2v) is 6.75. The van der Waals surface area contributed by atoms with Gasteiger partial charge in [-0.05, 0) is 43.9 Å². The summed E-state index contributed by atoms with van der Waals surface area (Å²) in [6.45, 7) is 6.63. The van der Waals surface area contributed by atoms with Crippen LogP contribution >= 0.6 is 0 Å². The zero-order valence-electron chi connectivity index (χ0n) is 15.2. The molecule has 0 amide bonds. The third kappa shape index (κ3) is 3.35. The Hall–Kier alpha value is -2.67. The zero-order chi connectivity index (χ0) is 17.9. The van der Waals surface area contributed by atoms with Gasteiger partial charge in [-0.15, -0.1) is 0 Å². The fraction of sp³-hybridized carbons (Fsp3) is 0.421. The van der Waals surface area contributed by atoms with E-state index in [0.29, 0.717) is 6.04 Å². The zero-order valence-corrected chi connectivity index (χ0v) is 15.2. The highest BCUT2D eigenvalue weighted by Gasteiger charge is 2.19. The number of benzene rings is 1. The van der Waals surface area contributed by atoms with Crippen molar-refractivity contribution in [2.75, 3.05) is 18.5 Å². The van der Waals surface area contributed by atoms with Crippen molar-refractivity contribution in [1.82, 2.24) is 24.5 Å². The van der Waals surface area contributed by atoms with Gasteiger partial charge in [0.2, 0.25) is 0 Å². The maximum Gasteiger partial charge on any atom is 0.138 e. The summed E-state index contributed by atoms with van der Waals surface area (Å²) in [4.78, 5) is 4.01. The molecule has 0 radical (unpaired) electrons. The molecule has 7 nitrogen and oxygen atoms in total. The highest BCUT2D eigenvalue weighted by atomic mass is 16.5. The van der Waals surface area contributed by atoms with Crippen molar-refractivity contribution in [3.63, 3.8) is 0 Å². The van der Waals surface area contributed by atoms with Crippen LogP contribution in [0.15, 0.2) is 37.1 Å². The molecule has 136 valence electrons. The van der Waals surface area contributed by atoms with E-state index in [-0.39, 0.29) is 0 Å². The lowest BCUT2D eigenvalue weighted by molar-refractivity contribution is 0.0657. The van der Waals surface area contributed by atoms with Crippen molar-refractivity contribution < 1.29 is 4.74 Å². The van der Waals surface area contributed by atoms with Crippen LogP contribution in [0.25, 0.3) is 5.69 Å². The van der Waals surface area contributed by atoms with Crippen LogP contribution in [0.3, 0.4) is 0 Å². The molecule has 0 bridgehead atoms. The van der Waals surface area contributed by atoms with Crippen molar-refractivity contribution in [2.24, 2.45) is 0 Å². The number of hydrogen-bond donors (Lipinski definition) is 1. The van der Waals surface area contributed by atoms with Crippen molar-refractivity contribution in [1.29, 1.82) is 0 Å². The van der Waals surface area contributed by atoms with Crippen molar-refractivity contribution in [3.8, 4) is 5.69 Å². The molecular formula is C19H24N6O. The van der Waals surface area contributed by atoms with Gasteiger partial charge in [-0.3, -0.25) is 4.68 Å². The molecule has 3 heterocycles. The molecule has 1 aliphatic rings. The highest BCUT2D eigenvalue weighted by Crippen LogP contribution is 2.25. The second kappa shape index (κ2) is 7.29. The van der Waals surface area contributed by atoms with Gasteiger partial charge in [0, 0.05) is 19.8 Å². The minimum absolute atomic E-state index is 0.448. The average molecular weight is 352 g/mol. The van der Waals surface area contributed by atoms with E-state index >= 15 is 0 Å². The number of hydrogen-bond acceptors (Lipinski definition) is 5. The molecule has 2 aromatic heterocycles. The summed E-state index contributed by atoms with van der Waals surface area (Å²) in [7, 11) is 0. The van der Waals surface area contributed by atoms with Gasteiger partial charge < -0.3 is 10.1 Å². The minimum Gasteiger partial charge on any atom is -0.381 e. The van der Waals surface area contributed by atoms with Crippen LogP contribution in [-0.2, 0) is 11.3 Å². The Morgan fingerprint density at radius 3 is 2.77 bits per heavy atom. The molecule has 0 unspecified atom stereocenters. The van der Waals surface area contributed by atoms with E-state index in [9.17, 15) is 0 Å². The highest BCUT2D eigenvalue weighted by molar-refractivity contribution is 5.48. The molecule has 1 aliphatic heterocycles. The summed E-state index contributed by atoms with van der Waals surface area (Å²) >= 11 is 0. The number of rotatable bonds is 5.